The summed E-state index contributed by atoms with van der Waals surface area (Å²) in [5.41, 5.74) is 2.48. The maximum atomic E-state index is 10.5. The zero-order valence-corrected chi connectivity index (χ0v) is 14.8. The molecule has 0 aliphatic heterocycles. The van der Waals surface area contributed by atoms with Crippen molar-refractivity contribution in [1.82, 2.24) is 20.3 Å². The first-order valence-electron chi connectivity index (χ1n) is 8.06. The summed E-state index contributed by atoms with van der Waals surface area (Å²) in [6.07, 6.45) is 3.23. The lowest BCUT2D eigenvalue weighted by atomic mass is 10.2. The Morgan fingerprint density at radius 1 is 1.23 bits per heavy atom. The molecule has 0 spiro atoms. The zero-order chi connectivity index (χ0) is 18.8. The van der Waals surface area contributed by atoms with Gasteiger partial charge in [0.25, 0.3) is 0 Å². The molecular formula is C19H22N4O3. The lowest BCUT2D eigenvalue weighted by Crippen LogP contribution is -2.18. The van der Waals surface area contributed by atoms with E-state index < -0.39 is 0 Å². The fourth-order valence-corrected chi connectivity index (χ4v) is 2.06. The number of aliphatic hydroxyl groups is 1. The highest BCUT2D eigenvalue weighted by atomic mass is 16.5. The number of carbonyl (C=O) groups is 1. The van der Waals surface area contributed by atoms with E-state index in [1.54, 1.807) is 31.6 Å². The molecule has 0 atom stereocenters. The van der Waals surface area contributed by atoms with E-state index in [4.69, 9.17) is 9.84 Å². The Hall–Kier alpha value is -3.19. The number of hydrogen-bond acceptors (Lipinski definition) is 5. The van der Waals surface area contributed by atoms with Gasteiger partial charge in [-0.1, -0.05) is 30.3 Å². The van der Waals surface area contributed by atoms with Crippen LogP contribution in [0.4, 0.5) is 0 Å². The molecule has 0 aliphatic carbocycles. The van der Waals surface area contributed by atoms with Crippen molar-refractivity contribution >= 4 is 5.91 Å². The van der Waals surface area contributed by atoms with Crippen LogP contribution in [0.2, 0.25) is 0 Å². The van der Waals surface area contributed by atoms with Gasteiger partial charge in [0.2, 0.25) is 5.91 Å². The number of hydrogen-bond donors (Lipinski definition) is 3. The fourth-order valence-electron chi connectivity index (χ4n) is 2.06. The lowest BCUT2D eigenvalue weighted by Gasteiger charge is -2.00. The highest BCUT2D eigenvalue weighted by molar-refractivity contribution is 5.72. The van der Waals surface area contributed by atoms with Crippen LogP contribution in [0.1, 0.15) is 18.2 Å². The van der Waals surface area contributed by atoms with E-state index >= 15 is 0 Å². The van der Waals surface area contributed by atoms with Crippen molar-refractivity contribution in [2.75, 3.05) is 7.11 Å². The third kappa shape index (κ3) is 6.03. The van der Waals surface area contributed by atoms with E-state index in [9.17, 15) is 4.79 Å². The Labute approximate surface area is 152 Å². The first-order chi connectivity index (χ1) is 12.6. The number of ether oxygens (including phenoxy) is 1. The maximum absolute atomic E-state index is 10.5. The number of H-pyrrole nitrogens is 1. The van der Waals surface area contributed by atoms with E-state index in [0.717, 1.165) is 11.3 Å². The van der Waals surface area contributed by atoms with Gasteiger partial charge in [0, 0.05) is 25.7 Å². The third-order valence-corrected chi connectivity index (χ3v) is 3.39. The molecule has 3 aromatic rings. The molecule has 3 rings (SSSR count). The van der Waals surface area contributed by atoms with Gasteiger partial charge in [-0.05, 0) is 11.6 Å². The molecule has 1 amide bonds. The number of nitrogens with zero attached hydrogens (tertiary/aromatic N) is 2. The Kier molecular flexibility index (Phi) is 7.32. The van der Waals surface area contributed by atoms with Crippen molar-refractivity contribution in [3.05, 3.63) is 66.1 Å². The zero-order valence-electron chi connectivity index (χ0n) is 14.8. The van der Waals surface area contributed by atoms with Gasteiger partial charge in [-0.2, -0.15) is 0 Å². The number of imidazole rings is 1. The molecule has 0 saturated heterocycles. The lowest BCUT2D eigenvalue weighted by molar-refractivity contribution is -0.119. The van der Waals surface area contributed by atoms with Gasteiger partial charge in [-0.15, -0.1) is 0 Å². The minimum absolute atomic E-state index is 0.00820. The van der Waals surface area contributed by atoms with Gasteiger partial charge in [0.05, 0.1) is 25.6 Å². The topological polar surface area (TPSA) is 100 Å². The molecule has 7 heteroatoms. The number of rotatable bonds is 5. The number of aromatic amines is 1. The van der Waals surface area contributed by atoms with Crippen LogP contribution in [-0.2, 0) is 17.9 Å². The molecule has 0 aliphatic rings. The SMILES string of the molecule is CC(=O)NCc1ccccc1.COc1ccnc(-c2ncc(CO)[nH]2)c1. The first kappa shape index (κ1) is 19.1. The molecule has 136 valence electrons. The van der Waals surface area contributed by atoms with Crippen LogP contribution in [0.3, 0.4) is 0 Å². The van der Waals surface area contributed by atoms with Gasteiger partial charge in [0.1, 0.15) is 11.4 Å². The van der Waals surface area contributed by atoms with Gasteiger partial charge in [0.15, 0.2) is 5.82 Å². The Morgan fingerprint density at radius 3 is 2.62 bits per heavy atom. The van der Waals surface area contributed by atoms with Crippen molar-refractivity contribution in [2.45, 2.75) is 20.1 Å². The van der Waals surface area contributed by atoms with Crippen LogP contribution in [0.25, 0.3) is 11.5 Å². The first-order valence-corrected chi connectivity index (χ1v) is 8.06. The number of amides is 1. The van der Waals surface area contributed by atoms with Gasteiger partial charge >= 0.3 is 0 Å². The van der Waals surface area contributed by atoms with E-state index in [1.165, 1.54) is 6.92 Å². The summed E-state index contributed by atoms with van der Waals surface area (Å²) >= 11 is 0. The molecule has 2 heterocycles. The molecule has 7 nitrogen and oxygen atoms in total. The average Bonchev–Trinajstić information content (AvgIpc) is 3.17. The van der Waals surface area contributed by atoms with Gasteiger partial charge < -0.3 is 20.1 Å². The normalized spacial score (nSPS) is 9.81. The van der Waals surface area contributed by atoms with Crippen molar-refractivity contribution < 1.29 is 14.6 Å². The van der Waals surface area contributed by atoms with E-state index in [-0.39, 0.29) is 12.5 Å². The quantitative estimate of drug-likeness (QED) is 0.653. The predicted molar refractivity (Wildman–Crippen MR) is 98.3 cm³/mol. The van der Waals surface area contributed by atoms with Gasteiger partial charge in [-0.3, -0.25) is 9.78 Å². The highest BCUT2D eigenvalue weighted by Gasteiger charge is 2.05. The van der Waals surface area contributed by atoms with Crippen LogP contribution in [0, 0.1) is 0 Å². The van der Waals surface area contributed by atoms with Crippen molar-refractivity contribution in [2.24, 2.45) is 0 Å². The summed E-state index contributed by atoms with van der Waals surface area (Å²) in [6, 6.07) is 13.4. The van der Waals surface area contributed by atoms with Crippen molar-refractivity contribution in [1.29, 1.82) is 0 Å². The van der Waals surface area contributed by atoms with E-state index in [1.807, 2.05) is 30.3 Å². The average molecular weight is 354 g/mol. The molecule has 0 unspecified atom stereocenters. The monoisotopic (exact) mass is 354 g/mol. The van der Waals surface area contributed by atoms with Gasteiger partial charge in [-0.25, -0.2) is 4.98 Å². The van der Waals surface area contributed by atoms with Crippen molar-refractivity contribution in [3.63, 3.8) is 0 Å². The summed E-state index contributed by atoms with van der Waals surface area (Å²) in [5, 5.41) is 11.6. The summed E-state index contributed by atoms with van der Waals surface area (Å²) in [7, 11) is 1.60. The molecule has 1 aromatic carbocycles. The van der Waals surface area contributed by atoms with Crippen LogP contribution in [-0.4, -0.2) is 33.1 Å². The molecule has 2 aromatic heterocycles. The number of benzene rings is 1. The number of aliphatic hydroxyl groups excluding tert-OH is 1. The van der Waals surface area contributed by atoms with E-state index in [0.29, 0.717) is 23.8 Å². The summed E-state index contributed by atoms with van der Waals surface area (Å²) < 4.78 is 5.08. The van der Waals surface area contributed by atoms with Crippen molar-refractivity contribution in [3.8, 4) is 17.3 Å². The largest absolute Gasteiger partial charge is 0.497 e. The second-order valence-corrected chi connectivity index (χ2v) is 5.39. The smallest absolute Gasteiger partial charge is 0.217 e. The third-order valence-electron chi connectivity index (χ3n) is 3.39. The van der Waals surface area contributed by atoms with Crippen LogP contribution < -0.4 is 10.1 Å². The Bertz CT molecular complexity index is 818. The van der Waals surface area contributed by atoms with E-state index in [2.05, 4.69) is 20.3 Å². The highest BCUT2D eigenvalue weighted by Crippen LogP contribution is 2.18. The fraction of sp³-hybridized carbons (Fsp3) is 0.211. The number of methoxy groups -OCH3 is 1. The molecule has 0 bridgehead atoms. The minimum atomic E-state index is -0.0586. The second kappa shape index (κ2) is 9.95. The number of carbonyl (C=O) groups excluding carboxylic acids is 1. The Morgan fingerprint density at radius 2 is 2.00 bits per heavy atom. The number of nitrogens with one attached hydrogen (secondary N) is 2. The standard InChI is InChI=1S/C10H11N3O2.C9H11NO/c1-15-8-2-3-11-9(4-8)10-12-5-7(6-14)13-10;1-8(11)10-7-9-5-3-2-4-6-9/h2-5,14H,6H2,1H3,(H,12,13);2-6H,7H2,1H3,(H,10,11). The molecule has 0 radical (unpaired) electrons. The number of pyridine rings is 1. The Balaban J connectivity index is 0.000000197. The maximum Gasteiger partial charge on any atom is 0.217 e. The summed E-state index contributed by atoms with van der Waals surface area (Å²) in [6.45, 7) is 2.08. The summed E-state index contributed by atoms with van der Waals surface area (Å²) in [4.78, 5) is 21.7. The molecule has 26 heavy (non-hydrogen) atoms. The predicted octanol–water partition coefficient (Wildman–Crippen LogP) is 2.30. The summed E-state index contributed by atoms with van der Waals surface area (Å²) in [5.74, 6) is 1.36. The van der Waals surface area contributed by atoms with Crippen LogP contribution >= 0.6 is 0 Å². The minimum Gasteiger partial charge on any atom is -0.497 e. The van der Waals surface area contributed by atoms with Crippen LogP contribution in [0.5, 0.6) is 5.75 Å². The molecule has 0 fully saturated rings. The number of aromatic nitrogens is 3. The second-order valence-electron chi connectivity index (χ2n) is 5.39. The molecular weight excluding hydrogens is 332 g/mol. The molecule has 3 N–H and O–H groups in total. The van der Waals surface area contributed by atoms with Crippen LogP contribution in [0.15, 0.2) is 54.9 Å². The molecule has 0 saturated carbocycles.